The summed E-state index contributed by atoms with van der Waals surface area (Å²) in [6.45, 7) is 3.42. The Hall–Kier alpha value is -1.89. The minimum atomic E-state index is -0.325. The van der Waals surface area contributed by atoms with Gasteiger partial charge < -0.3 is 4.90 Å². The second kappa shape index (κ2) is 5.44. The van der Waals surface area contributed by atoms with Crippen molar-refractivity contribution in [2.45, 2.75) is 26.3 Å². The van der Waals surface area contributed by atoms with Gasteiger partial charge in [-0.2, -0.15) is 5.26 Å². The van der Waals surface area contributed by atoms with Crippen molar-refractivity contribution < 1.29 is 9.18 Å². The number of rotatable bonds is 3. The van der Waals surface area contributed by atoms with E-state index in [-0.39, 0.29) is 24.2 Å². The lowest BCUT2D eigenvalue weighted by atomic mass is 10.1. The van der Waals surface area contributed by atoms with E-state index in [1.165, 1.54) is 23.1 Å². The molecule has 1 atom stereocenters. The number of amides is 1. The van der Waals surface area contributed by atoms with Gasteiger partial charge in [0.1, 0.15) is 5.82 Å². The van der Waals surface area contributed by atoms with Gasteiger partial charge >= 0.3 is 0 Å². The van der Waals surface area contributed by atoms with E-state index in [9.17, 15) is 9.18 Å². The molecule has 0 bridgehead atoms. The Bertz CT molecular complexity index is 465. The molecule has 1 aromatic rings. The van der Waals surface area contributed by atoms with E-state index in [0.29, 0.717) is 11.1 Å². The van der Waals surface area contributed by atoms with Gasteiger partial charge in [0.2, 0.25) is 0 Å². The third kappa shape index (κ3) is 3.04. The van der Waals surface area contributed by atoms with E-state index in [0.717, 1.165) is 0 Å². The van der Waals surface area contributed by atoms with Gasteiger partial charge in [0.15, 0.2) is 0 Å². The monoisotopic (exact) mass is 234 g/mol. The van der Waals surface area contributed by atoms with E-state index in [1.807, 2.05) is 6.07 Å². The van der Waals surface area contributed by atoms with E-state index in [4.69, 9.17) is 5.26 Å². The van der Waals surface area contributed by atoms with Crippen LogP contribution in [0.4, 0.5) is 4.39 Å². The normalized spacial score (nSPS) is 11.7. The minimum Gasteiger partial charge on any atom is -0.338 e. The molecule has 0 aliphatic carbocycles. The zero-order chi connectivity index (χ0) is 13.0. The lowest BCUT2D eigenvalue weighted by Gasteiger charge is -2.23. The van der Waals surface area contributed by atoms with Gasteiger partial charge in [0, 0.05) is 18.7 Å². The highest BCUT2D eigenvalue weighted by atomic mass is 19.1. The number of aryl methyl sites for hydroxylation is 1. The summed E-state index contributed by atoms with van der Waals surface area (Å²) in [4.78, 5) is 13.5. The molecular formula is C13H15FN2O. The second-order valence-corrected chi connectivity index (χ2v) is 4.09. The number of benzene rings is 1. The molecule has 3 nitrogen and oxygen atoms in total. The van der Waals surface area contributed by atoms with Gasteiger partial charge in [-0.1, -0.05) is 0 Å². The topological polar surface area (TPSA) is 44.1 Å². The van der Waals surface area contributed by atoms with Crippen LogP contribution < -0.4 is 0 Å². The maximum atomic E-state index is 13.1. The van der Waals surface area contributed by atoms with Gasteiger partial charge in [-0.3, -0.25) is 4.79 Å². The van der Waals surface area contributed by atoms with Crippen LogP contribution in [0.25, 0.3) is 0 Å². The Kier molecular flexibility index (Phi) is 4.22. The van der Waals surface area contributed by atoms with E-state index < -0.39 is 0 Å². The predicted molar refractivity (Wildman–Crippen MR) is 62.9 cm³/mol. The van der Waals surface area contributed by atoms with Crippen LogP contribution in [0.15, 0.2) is 18.2 Å². The highest BCUT2D eigenvalue weighted by Gasteiger charge is 2.17. The van der Waals surface area contributed by atoms with Crippen molar-refractivity contribution in [2.24, 2.45) is 0 Å². The fourth-order valence-electron chi connectivity index (χ4n) is 1.45. The third-order valence-electron chi connectivity index (χ3n) is 2.77. The highest BCUT2D eigenvalue weighted by molar-refractivity contribution is 5.94. The molecule has 0 saturated heterocycles. The van der Waals surface area contributed by atoms with Gasteiger partial charge in [-0.25, -0.2) is 4.39 Å². The van der Waals surface area contributed by atoms with E-state index >= 15 is 0 Å². The summed E-state index contributed by atoms with van der Waals surface area (Å²) in [5.41, 5.74) is 0.883. The molecule has 0 radical (unpaired) electrons. The first-order valence-corrected chi connectivity index (χ1v) is 5.37. The number of nitriles is 1. The molecule has 0 aromatic heterocycles. The van der Waals surface area contributed by atoms with Gasteiger partial charge in [0.05, 0.1) is 12.5 Å². The smallest absolute Gasteiger partial charge is 0.253 e. The number of nitrogens with zero attached hydrogens (tertiary/aromatic N) is 2. The maximum Gasteiger partial charge on any atom is 0.253 e. The van der Waals surface area contributed by atoms with Crippen LogP contribution in [0.1, 0.15) is 29.3 Å². The molecule has 1 aromatic carbocycles. The first kappa shape index (κ1) is 13.2. The van der Waals surface area contributed by atoms with Crippen molar-refractivity contribution in [1.82, 2.24) is 4.90 Å². The molecule has 90 valence electrons. The van der Waals surface area contributed by atoms with Crippen LogP contribution in [0.5, 0.6) is 0 Å². The van der Waals surface area contributed by atoms with Crippen LogP contribution in [0.2, 0.25) is 0 Å². The summed E-state index contributed by atoms with van der Waals surface area (Å²) in [6.07, 6.45) is 0.280. The highest BCUT2D eigenvalue weighted by Crippen LogP contribution is 2.13. The Balaban J connectivity index is 2.89. The number of carbonyl (C=O) groups is 1. The van der Waals surface area contributed by atoms with E-state index in [1.54, 1.807) is 20.9 Å². The summed E-state index contributed by atoms with van der Waals surface area (Å²) in [6, 6.07) is 6.13. The quantitative estimate of drug-likeness (QED) is 0.806. The summed E-state index contributed by atoms with van der Waals surface area (Å²) in [5, 5.41) is 8.58. The lowest BCUT2D eigenvalue weighted by Crippen LogP contribution is -2.34. The summed E-state index contributed by atoms with van der Waals surface area (Å²) in [7, 11) is 1.64. The van der Waals surface area contributed by atoms with Crippen molar-refractivity contribution in [2.75, 3.05) is 7.05 Å². The first-order valence-electron chi connectivity index (χ1n) is 5.37. The summed E-state index contributed by atoms with van der Waals surface area (Å²) >= 11 is 0. The molecule has 17 heavy (non-hydrogen) atoms. The molecule has 1 unspecified atom stereocenters. The molecular weight excluding hydrogens is 219 g/mol. The third-order valence-corrected chi connectivity index (χ3v) is 2.77. The fourth-order valence-corrected chi connectivity index (χ4v) is 1.45. The average molecular weight is 234 g/mol. The summed E-state index contributed by atoms with van der Waals surface area (Å²) in [5.74, 6) is -0.523. The number of halogens is 1. The van der Waals surface area contributed by atoms with Crippen molar-refractivity contribution in [3.05, 3.63) is 35.1 Å². The molecule has 1 amide bonds. The van der Waals surface area contributed by atoms with Crippen molar-refractivity contribution in [3.63, 3.8) is 0 Å². The zero-order valence-electron chi connectivity index (χ0n) is 10.2. The molecule has 0 N–H and O–H groups in total. The first-order chi connectivity index (χ1) is 7.97. The Morgan fingerprint density at radius 1 is 1.59 bits per heavy atom. The van der Waals surface area contributed by atoms with Crippen molar-refractivity contribution >= 4 is 5.91 Å². The summed E-state index contributed by atoms with van der Waals surface area (Å²) < 4.78 is 13.1. The maximum absolute atomic E-state index is 13.1. The van der Waals surface area contributed by atoms with Gasteiger partial charge in [0.25, 0.3) is 5.91 Å². The van der Waals surface area contributed by atoms with Crippen LogP contribution in [-0.4, -0.2) is 23.9 Å². The largest absolute Gasteiger partial charge is 0.338 e. The van der Waals surface area contributed by atoms with E-state index in [2.05, 4.69) is 0 Å². The van der Waals surface area contributed by atoms with Crippen molar-refractivity contribution in [3.8, 4) is 6.07 Å². The van der Waals surface area contributed by atoms with Crippen LogP contribution in [-0.2, 0) is 0 Å². The van der Waals surface area contributed by atoms with Crippen LogP contribution in [0, 0.1) is 24.1 Å². The minimum absolute atomic E-state index is 0.155. The molecule has 0 fully saturated rings. The molecule has 0 saturated carbocycles. The van der Waals surface area contributed by atoms with Crippen LogP contribution >= 0.6 is 0 Å². The number of carbonyl (C=O) groups excluding carboxylic acids is 1. The Morgan fingerprint density at radius 2 is 2.24 bits per heavy atom. The average Bonchev–Trinajstić information content (AvgIpc) is 2.31. The number of hydrogen-bond donors (Lipinski definition) is 0. The molecule has 4 heteroatoms. The van der Waals surface area contributed by atoms with Gasteiger partial charge in [-0.15, -0.1) is 0 Å². The molecule has 0 aliphatic heterocycles. The molecule has 0 heterocycles. The molecule has 0 spiro atoms. The SMILES string of the molecule is Cc1cc(C(=O)N(C)C(C)CC#N)ccc1F. The van der Waals surface area contributed by atoms with Gasteiger partial charge in [-0.05, 0) is 37.6 Å². The number of hydrogen-bond acceptors (Lipinski definition) is 2. The van der Waals surface area contributed by atoms with Crippen LogP contribution in [0.3, 0.4) is 0 Å². The Labute approximate surface area is 100 Å². The predicted octanol–water partition coefficient (Wildman–Crippen LogP) is 2.51. The lowest BCUT2D eigenvalue weighted by molar-refractivity contribution is 0.0746. The fraction of sp³-hybridized carbons (Fsp3) is 0.385. The van der Waals surface area contributed by atoms with Crippen molar-refractivity contribution in [1.29, 1.82) is 5.26 Å². The standard InChI is InChI=1S/C13H15FN2O/c1-9-8-11(4-5-12(9)14)13(17)16(3)10(2)6-7-15/h4-5,8,10H,6H2,1-3H3. The Morgan fingerprint density at radius 3 is 2.76 bits per heavy atom. The molecule has 1 rings (SSSR count). The zero-order valence-corrected chi connectivity index (χ0v) is 10.2. The second-order valence-electron chi connectivity index (χ2n) is 4.09. The molecule has 0 aliphatic rings.